The van der Waals surface area contributed by atoms with Crippen molar-refractivity contribution >= 4 is 17.0 Å². The smallest absolute Gasteiger partial charge is 0.167 e. The molecule has 1 fully saturated rings. The van der Waals surface area contributed by atoms with Gasteiger partial charge in [0.05, 0.1) is 12.9 Å². The summed E-state index contributed by atoms with van der Waals surface area (Å²) in [6, 6.07) is 0. The van der Waals surface area contributed by atoms with E-state index in [9.17, 15) is 10.2 Å². The first kappa shape index (κ1) is 14.1. The van der Waals surface area contributed by atoms with E-state index >= 15 is 0 Å². The minimum Gasteiger partial charge on any atom is -0.394 e. The van der Waals surface area contributed by atoms with Gasteiger partial charge in [0.25, 0.3) is 0 Å². The minimum atomic E-state index is -0.934. The first-order valence-corrected chi connectivity index (χ1v) is 6.66. The molecule has 2 aromatic heterocycles. The number of aromatic nitrogens is 4. The molecule has 3 rings (SSSR count). The van der Waals surface area contributed by atoms with Crippen LogP contribution in [0, 0.1) is 0 Å². The Balaban J connectivity index is 2.02. The lowest BCUT2D eigenvalue weighted by atomic mass is 10.1. The average Bonchev–Trinajstić information content (AvgIpc) is 3.03. The lowest BCUT2D eigenvalue weighted by Crippen LogP contribution is -2.35. The molecule has 1 aliphatic rings. The number of aliphatic hydroxyl groups is 2. The molecule has 0 saturated carbocycles. The van der Waals surface area contributed by atoms with E-state index in [1.54, 1.807) is 4.57 Å². The average molecular weight is 295 g/mol. The van der Waals surface area contributed by atoms with Gasteiger partial charge >= 0.3 is 0 Å². The Morgan fingerprint density at radius 2 is 2.24 bits per heavy atom. The summed E-state index contributed by atoms with van der Waals surface area (Å²) < 4.78 is 12.9. The predicted molar refractivity (Wildman–Crippen MR) is 72.2 cm³/mol. The van der Waals surface area contributed by atoms with Gasteiger partial charge in [0.2, 0.25) is 0 Å². The zero-order chi connectivity index (χ0) is 15.0. The Labute approximate surface area is 120 Å². The van der Waals surface area contributed by atoms with Crippen LogP contribution in [0.1, 0.15) is 13.2 Å². The van der Waals surface area contributed by atoms with Crippen molar-refractivity contribution in [1.82, 2.24) is 19.5 Å². The highest BCUT2D eigenvalue weighted by atomic mass is 16.6. The van der Waals surface area contributed by atoms with Crippen LogP contribution in [0.2, 0.25) is 0 Å². The van der Waals surface area contributed by atoms with Crippen molar-refractivity contribution in [2.45, 2.75) is 31.5 Å². The van der Waals surface area contributed by atoms with Crippen molar-refractivity contribution in [3.8, 4) is 0 Å². The van der Waals surface area contributed by atoms with E-state index in [1.165, 1.54) is 12.7 Å². The highest BCUT2D eigenvalue weighted by Gasteiger charge is 2.45. The standard InChI is InChI=1S/C12H17N5O4/c1-2-20-9-8(19)6(3-18)21-12(9)17-5-16-7-10(13)14-4-15-11(7)17/h4-6,8-9,12,18-19H,2-3H2,1H3,(H2,13,14,15)/t6-,8?,9+,12-/m1/s1. The van der Waals surface area contributed by atoms with Crippen molar-refractivity contribution in [2.24, 2.45) is 0 Å². The summed E-state index contributed by atoms with van der Waals surface area (Å²) in [5.74, 6) is 0.268. The summed E-state index contributed by atoms with van der Waals surface area (Å²) in [6.07, 6.45) is -0.0730. The Hall–Kier alpha value is -1.81. The number of hydrogen-bond donors (Lipinski definition) is 3. The SMILES string of the molecule is CCO[C@H]1C(O)[C@@H](CO)O[C@H]1n1cnc2c(N)ncnc21. The van der Waals surface area contributed by atoms with Crippen LogP contribution in [-0.4, -0.2) is 61.3 Å². The van der Waals surface area contributed by atoms with Crippen LogP contribution in [0.5, 0.6) is 0 Å². The summed E-state index contributed by atoms with van der Waals surface area (Å²) >= 11 is 0. The van der Waals surface area contributed by atoms with Crippen LogP contribution in [0.4, 0.5) is 5.82 Å². The van der Waals surface area contributed by atoms with Gasteiger partial charge in [-0.05, 0) is 6.92 Å². The first-order valence-electron chi connectivity index (χ1n) is 6.66. The molecule has 9 heteroatoms. The fraction of sp³-hybridized carbons (Fsp3) is 0.583. The fourth-order valence-electron chi connectivity index (χ4n) is 2.52. The van der Waals surface area contributed by atoms with E-state index in [2.05, 4.69) is 15.0 Å². The van der Waals surface area contributed by atoms with Crippen LogP contribution in [0.25, 0.3) is 11.2 Å². The minimum absolute atomic E-state index is 0.268. The molecule has 2 aromatic rings. The van der Waals surface area contributed by atoms with Crippen LogP contribution < -0.4 is 5.73 Å². The number of nitrogens with zero attached hydrogens (tertiary/aromatic N) is 4. The molecule has 0 aromatic carbocycles. The fourth-order valence-corrected chi connectivity index (χ4v) is 2.52. The molecule has 4 atom stereocenters. The number of ether oxygens (including phenoxy) is 2. The predicted octanol–water partition coefficient (Wildman–Crippen LogP) is -0.936. The van der Waals surface area contributed by atoms with Gasteiger partial charge in [0.1, 0.15) is 30.2 Å². The maximum absolute atomic E-state index is 10.2. The normalized spacial score (nSPS) is 29.3. The third-order valence-corrected chi connectivity index (χ3v) is 3.51. The Kier molecular flexibility index (Phi) is 3.72. The summed E-state index contributed by atoms with van der Waals surface area (Å²) in [4.78, 5) is 12.2. The second-order valence-electron chi connectivity index (χ2n) is 4.74. The van der Waals surface area contributed by atoms with Gasteiger partial charge < -0.3 is 25.4 Å². The van der Waals surface area contributed by atoms with Gasteiger partial charge in [0.15, 0.2) is 17.7 Å². The van der Waals surface area contributed by atoms with Crippen LogP contribution >= 0.6 is 0 Å². The highest BCUT2D eigenvalue weighted by molar-refractivity contribution is 5.81. The van der Waals surface area contributed by atoms with Crippen molar-refractivity contribution in [1.29, 1.82) is 0 Å². The number of nitrogen functional groups attached to an aromatic ring is 1. The van der Waals surface area contributed by atoms with Crippen molar-refractivity contribution in [2.75, 3.05) is 18.9 Å². The van der Waals surface area contributed by atoms with Crippen molar-refractivity contribution < 1.29 is 19.7 Å². The zero-order valence-electron chi connectivity index (χ0n) is 11.5. The van der Waals surface area contributed by atoms with E-state index in [4.69, 9.17) is 15.2 Å². The molecule has 4 N–H and O–H groups in total. The number of fused-ring (bicyclic) bond motifs is 1. The second-order valence-corrected chi connectivity index (χ2v) is 4.74. The summed E-state index contributed by atoms with van der Waals surface area (Å²) in [6.45, 7) is 1.93. The number of aliphatic hydroxyl groups excluding tert-OH is 2. The van der Waals surface area contributed by atoms with Gasteiger partial charge in [-0.2, -0.15) is 0 Å². The molecular weight excluding hydrogens is 278 g/mol. The maximum atomic E-state index is 10.2. The molecule has 3 heterocycles. The van der Waals surface area contributed by atoms with Gasteiger partial charge in [-0.3, -0.25) is 4.57 Å². The molecule has 9 nitrogen and oxygen atoms in total. The third-order valence-electron chi connectivity index (χ3n) is 3.51. The molecule has 21 heavy (non-hydrogen) atoms. The molecule has 0 radical (unpaired) electrons. The number of nitrogens with two attached hydrogens (primary N) is 1. The molecular formula is C12H17N5O4. The van der Waals surface area contributed by atoms with E-state index in [1.807, 2.05) is 6.92 Å². The lowest BCUT2D eigenvalue weighted by molar-refractivity contribution is -0.0676. The monoisotopic (exact) mass is 295 g/mol. The summed E-state index contributed by atoms with van der Waals surface area (Å²) in [7, 11) is 0. The second kappa shape index (κ2) is 5.53. The molecule has 0 aliphatic carbocycles. The number of imidazole rings is 1. The molecule has 114 valence electrons. The molecule has 1 aliphatic heterocycles. The molecule has 0 bridgehead atoms. The number of hydrogen-bond acceptors (Lipinski definition) is 8. The zero-order valence-corrected chi connectivity index (χ0v) is 11.5. The Morgan fingerprint density at radius 3 is 2.95 bits per heavy atom. The molecule has 1 saturated heterocycles. The molecule has 0 amide bonds. The van der Waals surface area contributed by atoms with Gasteiger partial charge in [-0.25, -0.2) is 15.0 Å². The summed E-state index contributed by atoms with van der Waals surface area (Å²) in [5.41, 5.74) is 6.70. The summed E-state index contributed by atoms with van der Waals surface area (Å²) in [5, 5.41) is 19.5. The van der Waals surface area contributed by atoms with Gasteiger partial charge in [0, 0.05) is 6.61 Å². The van der Waals surface area contributed by atoms with E-state index in [0.29, 0.717) is 17.8 Å². The van der Waals surface area contributed by atoms with Crippen LogP contribution in [-0.2, 0) is 9.47 Å². The Morgan fingerprint density at radius 1 is 1.43 bits per heavy atom. The van der Waals surface area contributed by atoms with Gasteiger partial charge in [-0.15, -0.1) is 0 Å². The van der Waals surface area contributed by atoms with Crippen molar-refractivity contribution in [3.05, 3.63) is 12.7 Å². The maximum Gasteiger partial charge on any atom is 0.167 e. The number of rotatable bonds is 4. The third kappa shape index (κ3) is 2.23. The lowest BCUT2D eigenvalue weighted by Gasteiger charge is -2.21. The van der Waals surface area contributed by atoms with E-state index < -0.39 is 24.5 Å². The topological polar surface area (TPSA) is 129 Å². The molecule has 1 unspecified atom stereocenters. The van der Waals surface area contributed by atoms with E-state index in [-0.39, 0.29) is 12.4 Å². The van der Waals surface area contributed by atoms with Gasteiger partial charge in [-0.1, -0.05) is 0 Å². The highest BCUT2D eigenvalue weighted by Crippen LogP contribution is 2.33. The van der Waals surface area contributed by atoms with Crippen LogP contribution in [0.15, 0.2) is 12.7 Å². The van der Waals surface area contributed by atoms with E-state index in [0.717, 1.165) is 0 Å². The number of anilines is 1. The first-order chi connectivity index (χ1) is 10.2. The molecule has 0 spiro atoms. The van der Waals surface area contributed by atoms with Crippen molar-refractivity contribution in [3.63, 3.8) is 0 Å². The Bertz CT molecular complexity index is 633. The quantitative estimate of drug-likeness (QED) is 0.659. The van der Waals surface area contributed by atoms with Crippen LogP contribution in [0.3, 0.4) is 0 Å². The largest absolute Gasteiger partial charge is 0.394 e.